The monoisotopic (exact) mass is 216 g/mol. The molecule has 1 fully saturated rings. The molecule has 0 amide bonds. The van der Waals surface area contributed by atoms with Gasteiger partial charge in [0.15, 0.2) is 0 Å². The van der Waals surface area contributed by atoms with E-state index in [0.717, 1.165) is 5.56 Å². The number of thioether (sulfide) groups is 1. The average molecular weight is 216 g/mol. The summed E-state index contributed by atoms with van der Waals surface area (Å²) in [5, 5.41) is -0.0869. The van der Waals surface area contributed by atoms with Crippen LogP contribution in [0.3, 0.4) is 0 Å². The molecular weight excluding hydrogens is 208 g/mol. The minimum absolute atomic E-state index is 0.0869. The third-order valence-corrected chi connectivity index (χ3v) is 5.03. The van der Waals surface area contributed by atoms with Crippen molar-refractivity contribution in [1.82, 2.24) is 0 Å². The molecule has 0 aromatic heterocycles. The van der Waals surface area contributed by atoms with Crippen LogP contribution in [0.2, 0.25) is 0 Å². The fourth-order valence-corrected chi connectivity index (χ4v) is 3.69. The van der Waals surface area contributed by atoms with Gasteiger partial charge in [-0.05, 0) is 5.56 Å². The maximum absolute atomic E-state index is 10.7. The normalized spacial score (nSPS) is 27.2. The first-order chi connectivity index (χ1) is 6.09. The Morgan fingerprint density at radius 2 is 1.85 bits per heavy atom. The van der Waals surface area contributed by atoms with E-state index in [1.165, 1.54) is 11.8 Å². The molecule has 0 spiro atoms. The van der Waals surface area contributed by atoms with Crippen molar-refractivity contribution in [2.45, 2.75) is 9.83 Å². The van der Waals surface area contributed by atoms with Crippen LogP contribution in [0.1, 0.15) is 10.8 Å². The first kappa shape index (κ1) is 9.05. The second-order valence-electron chi connectivity index (χ2n) is 2.85. The smallest absolute Gasteiger partial charge is 0.278 e. The van der Waals surface area contributed by atoms with E-state index in [1.807, 2.05) is 30.3 Å². The van der Waals surface area contributed by atoms with Gasteiger partial charge in [-0.15, -0.1) is 11.8 Å². The molecule has 5 heteroatoms. The molecule has 1 aromatic rings. The van der Waals surface area contributed by atoms with Crippen molar-refractivity contribution in [3.05, 3.63) is 35.9 Å². The Hall–Kier alpha value is -0.520. The van der Waals surface area contributed by atoms with Crippen LogP contribution in [0.15, 0.2) is 30.3 Å². The predicted octanol–water partition coefficient (Wildman–Crippen LogP) is 1.69. The molecule has 2 atom stereocenters. The largest absolute Gasteiger partial charge is 0.285 e. The second kappa shape index (κ2) is 3.01. The molecule has 1 aliphatic rings. The van der Waals surface area contributed by atoms with E-state index in [2.05, 4.69) is 0 Å². The number of benzene rings is 1. The Bertz CT molecular complexity index is 399. The molecule has 70 valence electrons. The molecule has 2 rings (SSSR count). The molecule has 1 aliphatic heterocycles. The Balaban J connectivity index is 2.18. The van der Waals surface area contributed by atoms with Crippen molar-refractivity contribution in [1.29, 1.82) is 0 Å². The number of hydrogen-bond acceptors (Lipinski definition) is 3. The van der Waals surface area contributed by atoms with E-state index in [9.17, 15) is 8.42 Å². The van der Waals surface area contributed by atoms with Crippen molar-refractivity contribution in [3.8, 4) is 0 Å². The topological polar surface area (TPSA) is 54.4 Å². The zero-order valence-corrected chi connectivity index (χ0v) is 8.25. The van der Waals surface area contributed by atoms with Crippen molar-refractivity contribution in [2.24, 2.45) is 0 Å². The highest BCUT2D eigenvalue weighted by Crippen LogP contribution is 2.57. The van der Waals surface area contributed by atoms with Gasteiger partial charge < -0.3 is 0 Å². The van der Waals surface area contributed by atoms with Crippen molar-refractivity contribution in [3.63, 3.8) is 0 Å². The fourth-order valence-electron chi connectivity index (χ4n) is 1.20. The highest BCUT2D eigenvalue weighted by molar-refractivity contribution is 8.19. The Kier molecular flexibility index (Phi) is 2.09. The molecule has 1 N–H and O–H groups in total. The third kappa shape index (κ3) is 1.87. The Morgan fingerprint density at radius 1 is 1.23 bits per heavy atom. The molecule has 13 heavy (non-hydrogen) atoms. The van der Waals surface area contributed by atoms with Gasteiger partial charge in [0.1, 0.15) is 4.58 Å². The van der Waals surface area contributed by atoms with Crippen molar-refractivity contribution < 1.29 is 13.0 Å². The first-order valence-electron chi connectivity index (χ1n) is 3.76. The van der Waals surface area contributed by atoms with E-state index in [-0.39, 0.29) is 5.25 Å². The summed E-state index contributed by atoms with van der Waals surface area (Å²) >= 11 is 1.26. The number of hydrogen-bond donors (Lipinski definition) is 1. The minimum Gasteiger partial charge on any atom is -0.285 e. The van der Waals surface area contributed by atoms with Gasteiger partial charge in [-0.2, -0.15) is 8.42 Å². The summed E-state index contributed by atoms with van der Waals surface area (Å²) in [6.07, 6.45) is 0. The molecule has 1 saturated heterocycles. The lowest BCUT2D eigenvalue weighted by atomic mass is 10.2. The van der Waals surface area contributed by atoms with Crippen LogP contribution >= 0.6 is 11.8 Å². The lowest BCUT2D eigenvalue weighted by molar-refractivity contribution is 0.482. The average Bonchev–Trinajstić information content (AvgIpc) is 2.83. The summed E-state index contributed by atoms with van der Waals surface area (Å²) in [5.41, 5.74) is 0.954. The van der Waals surface area contributed by atoms with Crippen LogP contribution in [0.4, 0.5) is 0 Å². The van der Waals surface area contributed by atoms with Gasteiger partial charge in [-0.25, -0.2) is 0 Å². The zero-order chi connectivity index (χ0) is 9.47. The SMILES string of the molecule is O=S(=O)(O)C1SC1c1ccccc1. The van der Waals surface area contributed by atoms with Gasteiger partial charge in [0.05, 0.1) is 5.25 Å². The molecule has 3 nitrogen and oxygen atoms in total. The zero-order valence-electron chi connectivity index (χ0n) is 6.62. The van der Waals surface area contributed by atoms with E-state index >= 15 is 0 Å². The van der Waals surface area contributed by atoms with Gasteiger partial charge in [0.25, 0.3) is 10.1 Å². The summed E-state index contributed by atoms with van der Waals surface area (Å²) in [5.74, 6) is 0. The quantitative estimate of drug-likeness (QED) is 0.603. The Morgan fingerprint density at radius 3 is 2.31 bits per heavy atom. The van der Waals surface area contributed by atoms with Crippen LogP contribution in [0, 0.1) is 0 Å². The summed E-state index contributed by atoms with van der Waals surface area (Å²) in [6.45, 7) is 0. The Labute approximate surface area is 80.9 Å². The molecule has 0 aliphatic carbocycles. The molecule has 1 aromatic carbocycles. The van der Waals surface area contributed by atoms with E-state index in [1.54, 1.807) is 0 Å². The maximum Gasteiger partial charge on any atom is 0.278 e. The molecule has 0 saturated carbocycles. The van der Waals surface area contributed by atoms with E-state index < -0.39 is 14.7 Å². The standard InChI is InChI=1S/C8H8O3S2/c9-13(10,11)8-7(12-8)6-4-2-1-3-5-6/h1-5,7-8H,(H,9,10,11). The van der Waals surface area contributed by atoms with Crippen LogP contribution in [-0.2, 0) is 10.1 Å². The lowest BCUT2D eigenvalue weighted by Crippen LogP contribution is -2.05. The van der Waals surface area contributed by atoms with Gasteiger partial charge in [-0.3, -0.25) is 4.55 Å². The molecule has 2 unspecified atom stereocenters. The van der Waals surface area contributed by atoms with E-state index in [4.69, 9.17) is 4.55 Å². The highest BCUT2D eigenvalue weighted by Gasteiger charge is 2.48. The summed E-state index contributed by atoms with van der Waals surface area (Å²) in [6, 6.07) is 9.31. The van der Waals surface area contributed by atoms with Crippen molar-refractivity contribution in [2.75, 3.05) is 0 Å². The first-order valence-corrected chi connectivity index (χ1v) is 6.20. The van der Waals surface area contributed by atoms with E-state index in [0.29, 0.717) is 0 Å². The van der Waals surface area contributed by atoms with Crippen LogP contribution in [0.5, 0.6) is 0 Å². The van der Waals surface area contributed by atoms with Crippen LogP contribution < -0.4 is 0 Å². The molecular formula is C8H8O3S2. The van der Waals surface area contributed by atoms with Crippen LogP contribution in [0.25, 0.3) is 0 Å². The maximum atomic E-state index is 10.7. The second-order valence-corrected chi connectivity index (χ2v) is 5.97. The third-order valence-electron chi connectivity index (χ3n) is 1.87. The van der Waals surface area contributed by atoms with Crippen LogP contribution in [-0.4, -0.2) is 17.6 Å². The summed E-state index contributed by atoms with van der Waals surface area (Å²) in [4.78, 5) is 0. The fraction of sp³-hybridized carbons (Fsp3) is 0.250. The van der Waals surface area contributed by atoms with Crippen molar-refractivity contribution >= 4 is 21.9 Å². The summed E-state index contributed by atoms with van der Waals surface area (Å²) in [7, 11) is -3.86. The lowest BCUT2D eigenvalue weighted by Gasteiger charge is -1.94. The molecule has 1 heterocycles. The highest BCUT2D eigenvalue weighted by atomic mass is 32.3. The molecule has 0 bridgehead atoms. The minimum atomic E-state index is -3.86. The van der Waals surface area contributed by atoms with Gasteiger partial charge in [0.2, 0.25) is 0 Å². The molecule has 0 radical (unpaired) electrons. The van der Waals surface area contributed by atoms with Gasteiger partial charge in [-0.1, -0.05) is 30.3 Å². The summed E-state index contributed by atoms with van der Waals surface area (Å²) < 4.78 is 29.5. The predicted molar refractivity (Wildman–Crippen MR) is 52.1 cm³/mol. The van der Waals surface area contributed by atoms with Gasteiger partial charge >= 0.3 is 0 Å². The van der Waals surface area contributed by atoms with Gasteiger partial charge in [0, 0.05) is 0 Å². The number of rotatable bonds is 2.